The molecule has 124 valence electrons. The number of carbonyl (C=O) groups is 1. The molecule has 0 saturated heterocycles. The number of nitrogens with zero attached hydrogens (tertiary/aromatic N) is 3. The topological polar surface area (TPSA) is 72.3 Å². The molecule has 1 aromatic heterocycles. The van der Waals surface area contributed by atoms with Gasteiger partial charge in [-0.3, -0.25) is 0 Å². The zero-order valence-corrected chi connectivity index (χ0v) is 14.9. The first-order valence-electron chi connectivity index (χ1n) is 6.85. The number of benzene rings is 1. The summed E-state index contributed by atoms with van der Waals surface area (Å²) >= 11 is 11.7. The van der Waals surface area contributed by atoms with Crippen LogP contribution in [0.1, 0.15) is 13.8 Å². The molecule has 1 amide bonds. The Bertz CT molecular complexity index is 809. The Morgan fingerprint density at radius 3 is 2.26 bits per heavy atom. The Morgan fingerprint density at radius 1 is 1.17 bits per heavy atom. The van der Waals surface area contributed by atoms with Crippen molar-refractivity contribution in [2.75, 3.05) is 13.1 Å². The molecular formula is C14H15Cl2N3O3S. The van der Waals surface area contributed by atoms with Crippen molar-refractivity contribution in [1.29, 1.82) is 0 Å². The Labute approximate surface area is 144 Å². The fourth-order valence-corrected chi connectivity index (χ4v) is 3.90. The van der Waals surface area contributed by atoms with E-state index in [-0.39, 0.29) is 26.0 Å². The van der Waals surface area contributed by atoms with Gasteiger partial charge in [0.25, 0.3) is 0 Å². The molecule has 0 aliphatic heterocycles. The van der Waals surface area contributed by atoms with Crippen LogP contribution in [-0.2, 0) is 9.84 Å². The molecular weight excluding hydrogens is 361 g/mol. The van der Waals surface area contributed by atoms with Gasteiger partial charge in [0.15, 0.2) is 5.03 Å². The molecule has 1 aromatic carbocycles. The number of rotatable bonds is 4. The van der Waals surface area contributed by atoms with E-state index in [9.17, 15) is 13.2 Å². The van der Waals surface area contributed by atoms with Crippen LogP contribution < -0.4 is 0 Å². The Balaban J connectivity index is 2.41. The molecule has 2 aromatic rings. The molecule has 6 nitrogen and oxygen atoms in total. The van der Waals surface area contributed by atoms with Crippen molar-refractivity contribution >= 4 is 39.1 Å². The van der Waals surface area contributed by atoms with E-state index in [4.69, 9.17) is 23.2 Å². The molecule has 0 spiro atoms. The molecule has 0 fully saturated rings. The van der Waals surface area contributed by atoms with Crippen molar-refractivity contribution in [1.82, 2.24) is 14.7 Å². The first kappa shape index (κ1) is 17.8. The van der Waals surface area contributed by atoms with Gasteiger partial charge in [0.2, 0.25) is 9.84 Å². The van der Waals surface area contributed by atoms with Gasteiger partial charge >= 0.3 is 6.03 Å². The van der Waals surface area contributed by atoms with Crippen LogP contribution in [0.4, 0.5) is 4.79 Å². The molecule has 2 rings (SSSR count). The fraction of sp³-hybridized carbons (Fsp3) is 0.286. The number of carbonyl (C=O) groups excluding carboxylic acids is 1. The molecule has 23 heavy (non-hydrogen) atoms. The second-order valence-electron chi connectivity index (χ2n) is 4.66. The molecule has 0 atom stereocenters. The van der Waals surface area contributed by atoms with Crippen molar-refractivity contribution in [2.24, 2.45) is 0 Å². The molecule has 0 bridgehead atoms. The maximum atomic E-state index is 12.6. The Hall–Kier alpha value is -1.57. The summed E-state index contributed by atoms with van der Waals surface area (Å²) in [5.41, 5.74) is 0. The average Bonchev–Trinajstić information content (AvgIpc) is 2.98. The third kappa shape index (κ3) is 3.68. The first-order valence-corrected chi connectivity index (χ1v) is 9.09. The third-order valence-electron chi connectivity index (χ3n) is 3.22. The van der Waals surface area contributed by atoms with Crippen LogP contribution in [0.15, 0.2) is 40.4 Å². The van der Waals surface area contributed by atoms with Gasteiger partial charge < -0.3 is 4.90 Å². The van der Waals surface area contributed by atoms with Crippen LogP contribution in [-0.4, -0.2) is 42.2 Å². The van der Waals surface area contributed by atoms with E-state index in [1.807, 2.05) is 13.8 Å². The van der Waals surface area contributed by atoms with Crippen LogP contribution in [0.2, 0.25) is 10.0 Å². The number of hydrogen-bond donors (Lipinski definition) is 0. The summed E-state index contributed by atoms with van der Waals surface area (Å²) in [4.78, 5) is 13.6. The minimum atomic E-state index is -3.91. The van der Waals surface area contributed by atoms with Gasteiger partial charge in [0.05, 0.1) is 4.90 Å². The van der Waals surface area contributed by atoms with Crippen molar-refractivity contribution in [3.63, 3.8) is 0 Å². The fourth-order valence-electron chi connectivity index (χ4n) is 2.00. The zero-order valence-electron chi connectivity index (χ0n) is 12.5. The zero-order chi connectivity index (χ0) is 17.2. The van der Waals surface area contributed by atoms with Crippen molar-refractivity contribution in [2.45, 2.75) is 23.8 Å². The maximum absolute atomic E-state index is 12.6. The molecule has 0 aliphatic rings. The molecule has 9 heteroatoms. The molecule has 0 saturated carbocycles. The van der Waals surface area contributed by atoms with Crippen molar-refractivity contribution in [3.05, 3.63) is 40.5 Å². The highest BCUT2D eigenvalue weighted by molar-refractivity contribution is 7.91. The Kier molecular flexibility index (Phi) is 5.33. The smallest absolute Gasteiger partial charge is 0.323 e. The van der Waals surface area contributed by atoms with E-state index in [1.165, 1.54) is 35.4 Å². The monoisotopic (exact) mass is 375 g/mol. The van der Waals surface area contributed by atoms with Crippen LogP contribution in [0.25, 0.3) is 0 Å². The van der Waals surface area contributed by atoms with Gasteiger partial charge in [-0.2, -0.15) is 9.78 Å². The van der Waals surface area contributed by atoms with E-state index >= 15 is 0 Å². The SMILES string of the molecule is CCN(CC)C(=O)n1ccc(S(=O)(=O)c2cc(Cl)cc(Cl)c2)n1. The predicted molar refractivity (Wildman–Crippen MR) is 87.9 cm³/mol. The van der Waals surface area contributed by atoms with E-state index in [2.05, 4.69) is 5.10 Å². The summed E-state index contributed by atoms with van der Waals surface area (Å²) in [5.74, 6) is 0. The lowest BCUT2D eigenvalue weighted by Crippen LogP contribution is -2.34. The number of halogens is 2. The minimum absolute atomic E-state index is 0.0736. The summed E-state index contributed by atoms with van der Waals surface area (Å²) < 4.78 is 26.1. The van der Waals surface area contributed by atoms with Gasteiger partial charge in [0, 0.05) is 29.3 Å². The lowest BCUT2D eigenvalue weighted by Gasteiger charge is -2.17. The molecule has 0 N–H and O–H groups in total. The third-order valence-corrected chi connectivity index (χ3v) is 5.28. The molecule has 0 aliphatic carbocycles. The second kappa shape index (κ2) is 6.90. The van der Waals surface area contributed by atoms with Crippen LogP contribution in [0.5, 0.6) is 0 Å². The average molecular weight is 376 g/mol. The highest BCUT2D eigenvalue weighted by Crippen LogP contribution is 2.26. The molecule has 0 radical (unpaired) electrons. The van der Waals surface area contributed by atoms with Gasteiger partial charge in [-0.15, -0.1) is 0 Å². The number of sulfone groups is 1. The summed E-state index contributed by atoms with van der Waals surface area (Å²) in [5, 5.41) is 4.05. The number of hydrogen-bond acceptors (Lipinski definition) is 4. The van der Waals surface area contributed by atoms with Crippen LogP contribution >= 0.6 is 23.2 Å². The number of aromatic nitrogens is 2. The maximum Gasteiger partial charge on any atom is 0.344 e. The van der Waals surface area contributed by atoms with Crippen LogP contribution in [0.3, 0.4) is 0 Å². The summed E-state index contributed by atoms with van der Waals surface area (Å²) in [6, 6.07) is 4.89. The summed E-state index contributed by atoms with van der Waals surface area (Å²) in [6.45, 7) is 4.66. The summed E-state index contributed by atoms with van der Waals surface area (Å²) in [6.07, 6.45) is 1.32. The van der Waals surface area contributed by atoms with Crippen molar-refractivity contribution < 1.29 is 13.2 Å². The first-order chi connectivity index (χ1) is 10.8. The van der Waals surface area contributed by atoms with Gasteiger partial charge in [-0.1, -0.05) is 23.2 Å². The quantitative estimate of drug-likeness (QED) is 0.821. The minimum Gasteiger partial charge on any atom is -0.323 e. The highest BCUT2D eigenvalue weighted by atomic mass is 35.5. The van der Waals surface area contributed by atoms with Crippen LogP contribution in [0, 0.1) is 0 Å². The van der Waals surface area contributed by atoms with E-state index in [1.54, 1.807) is 0 Å². The standard InChI is InChI=1S/C14H15Cl2N3O3S/c1-3-18(4-2)14(20)19-6-5-13(17-19)23(21,22)12-8-10(15)7-11(16)9-12/h5-9H,3-4H2,1-2H3. The van der Waals surface area contributed by atoms with E-state index in [0.717, 1.165) is 4.68 Å². The van der Waals surface area contributed by atoms with Gasteiger partial charge in [-0.25, -0.2) is 13.2 Å². The molecule has 0 unspecified atom stereocenters. The lowest BCUT2D eigenvalue weighted by molar-refractivity contribution is 0.201. The van der Waals surface area contributed by atoms with Gasteiger partial charge in [0.1, 0.15) is 0 Å². The Morgan fingerprint density at radius 2 is 1.74 bits per heavy atom. The largest absolute Gasteiger partial charge is 0.344 e. The van der Waals surface area contributed by atoms with E-state index in [0.29, 0.717) is 13.1 Å². The second-order valence-corrected chi connectivity index (χ2v) is 7.43. The highest BCUT2D eigenvalue weighted by Gasteiger charge is 2.23. The molecule has 1 heterocycles. The van der Waals surface area contributed by atoms with E-state index < -0.39 is 9.84 Å². The normalized spacial score (nSPS) is 11.5. The lowest BCUT2D eigenvalue weighted by atomic mass is 10.4. The van der Waals surface area contributed by atoms with Gasteiger partial charge in [-0.05, 0) is 38.1 Å². The summed E-state index contributed by atoms with van der Waals surface area (Å²) in [7, 11) is -3.91. The van der Waals surface area contributed by atoms with Crippen molar-refractivity contribution in [3.8, 4) is 0 Å². The number of amides is 1. The predicted octanol–water partition coefficient (Wildman–Crippen LogP) is 3.33.